The van der Waals surface area contributed by atoms with Crippen LogP contribution in [0.2, 0.25) is 0 Å². The second-order valence-electron chi connectivity index (χ2n) is 5.72. The van der Waals surface area contributed by atoms with Gasteiger partial charge in [-0.05, 0) is 18.6 Å². The molecule has 2 atom stereocenters. The van der Waals surface area contributed by atoms with Gasteiger partial charge in [0.05, 0.1) is 6.54 Å². The molecule has 0 unspecified atom stereocenters. The highest BCUT2D eigenvalue weighted by molar-refractivity contribution is 5.89. The van der Waals surface area contributed by atoms with Gasteiger partial charge < -0.3 is 15.2 Å². The van der Waals surface area contributed by atoms with E-state index in [9.17, 15) is 9.18 Å². The lowest BCUT2D eigenvalue weighted by atomic mass is 10.2. The maximum absolute atomic E-state index is 13.8. The Bertz CT molecular complexity index is 680. The number of halogens is 1. The summed E-state index contributed by atoms with van der Waals surface area (Å²) in [4.78, 5) is 21.9. The molecule has 0 bridgehead atoms. The van der Waals surface area contributed by atoms with Gasteiger partial charge in [0, 0.05) is 44.1 Å². The Labute approximate surface area is 138 Å². The monoisotopic (exact) mass is 334 g/mol. The molecular formula is C15H19FN6O2. The highest BCUT2D eigenvalue weighted by Crippen LogP contribution is 2.21. The molecule has 0 spiro atoms. The molecule has 1 fully saturated rings. The number of pyridine rings is 1. The number of alkyl halides is 1. The molecule has 2 aromatic rings. The Balaban J connectivity index is 1.51. The average molecular weight is 334 g/mol. The van der Waals surface area contributed by atoms with Crippen LogP contribution in [0.25, 0.3) is 0 Å². The van der Waals surface area contributed by atoms with Crippen molar-refractivity contribution in [1.82, 2.24) is 25.3 Å². The van der Waals surface area contributed by atoms with Gasteiger partial charge in [-0.2, -0.15) is 4.98 Å². The van der Waals surface area contributed by atoms with E-state index < -0.39 is 6.17 Å². The fourth-order valence-electron chi connectivity index (χ4n) is 2.74. The molecule has 8 nitrogen and oxygen atoms in total. The molecule has 2 N–H and O–H groups in total. The topological polar surface area (TPSA) is 96.2 Å². The molecule has 128 valence electrons. The highest BCUT2D eigenvalue weighted by atomic mass is 19.1. The Morgan fingerprint density at radius 3 is 2.96 bits per heavy atom. The van der Waals surface area contributed by atoms with Crippen LogP contribution in [0.5, 0.6) is 0 Å². The number of anilines is 1. The molecule has 0 aliphatic carbocycles. The summed E-state index contributed by atoms with van der Waals surface area (Å²) in [5, 5.41) is 9.31. The number of rotatable bonds is 5. The summed E-state index contributed by atoms with van der Waals surface area (Å²) in [6.45, 7) is 2.75. The second kappa shape index (κ2) is 7.35. The van der Waals surface area contributed by atoms with Gasteiger partial charge in [0.25, 0.3) is 0 Å². The van der Waals surface area contributed by atoms with Crippen LogP contribution in [0.3, 0.4) is 0 Å². The molecule has 0 radical (unpaired) electrons. The molecule has 3 rings (SSSR count). The first kappa shape index (κ1) is 16.3. The number of nitrogens with one attached hydrogen (secondary N) is 2. The number of urea groups is 1. The standard InChI is InChI=1S/C15H19FN6O2/c1-10-19-14(21-24-10)9-22-8-11(16)6-13(22)7-18-15(23)20-12-2-4-17-5-3-12/h2-5,11,13H,6-9H2,1H3,(H2,17,18,20,23)/t11-,13-/m0/s1. The van der Waals surface area contributed by atoms with Crippen molar-refractivity contribution in [3.05, 3.63) is 36.2 Å². The van der Waals surface area contributed by atoms with Gasteiger partial charge in [-0.25, -0.2) is 9.18 Å². The first-order chi connectivity index (χ1) is 11.6. The predicted octanol–water partition coefficient (Wildman–Crippen LogP) is 1.51. The van der Waals surface area contributed by atoms with E-state index in [1.165, 1.54) is 0 Å². The van der Waals surface area contributed by atoms with Crippen LogP contribution in [0.1, 0.15) is 18.1 Å². The summed E-state index contributed by atoms with van der Waals surface area (Å²) in [6.07, 6.45) is 2.63. The van der Waals surface area contributed by atoms with Crippen molar-refractivity contribution in [2.75, 3.05) is 18.4 Å². The van der Waals surface area contributed by atoms with Crippen LogP contribution < -0.4 is 10.6 Å². The summed E-state index contributed by atoms with van der Waals surface area (Å²) < 4.78 is 18.7. The number of likely N-dealkylation sites (tertiary alicyclic amines) is 1. The molecule has 1 aliphatic rings. The number of aromatic nitrogens is 3. The lowest BCUT2D eigenvalue weighted by molar-refractivity contribution is 0.218. The van der Waals surface area contributed by atoms with Gasteiger partial charge in [0.15, 0.2) is 5.82 Å². The summed E-state index contributed by atoms with van der Waals surface area (Å²) in [5.41, 5.74) is 0.649. The van der Waals surface area contributed by atoms with Crippen molar-refractivity contribution in [1.29, 1.82) is 0 Å². The minimum atomic E-state index is -0.923. The zero-order valence-corrected chi connectivity index (χ0v) is 13.3. The van der Waals surface area contributed by atoms with Crippen LogP contribution in [0.15, 0.2) is 29.0 Å². The van der Waals surface area contributed by atoms with E-state index in [1.807, 2.05) is 4.90 Å². The van der Waals surface area contributed by atoms with Gasteiger partial charge >= 0.3 is 6.03 Å². The van der Waals surface area contributed by atoms with E-state index in [0.29, 0.717) is 43.5 Å². The third-order valence-corrected chi connectivity index (χ3v) is 3.83. The summed E-state index contributed by atoms with van der Waals surface area (Å²) in [7, 11) is 0. The molecule has 9 heteroatoms. The molecule has 0 aromatic carbocycles. The molecule has 2 amide bonds. The van der Waals surface area contributed by atoms with Crippen molar-refractivity contribution in [2.45, 2.75) is 32.1 Å². The fourth-order valence-corrected chi connectivity index (χ4v) is 2.74. The summed E-state index contributed by atoms with van der Waals surface area (Å²) in [5.74, 6) is 1.00. The fraction of sp³-hybridized carbons (Fsp3) is 0.467. The number of carbonyl (C=O) groups excluding carboxylic acids is 1. The molecule has 24 heavy (non-hydrogen) atoms. The Morgan fingerprint density at radius 2 is 2.25 bits per heavy atom. The van der Waals surface area contributed by atoms with Crippen molar-refractivity contribution in [3.63, 3.8) is 0 Å². The van der Waals surface area contributed by atoms with Crippen LogP contribution in [0, 0.1) is 6.92 Å². The Hall–Kier alpha value is -2.55. The van der Waals surface area contributed by atoms with Gasteiger partial charge in [-0.15, -0.1) is 0 Å². The maximum atomic E-state index is 13.8. The molecule has 0 saturated carbocycles. The van der Waals surface area contributed by atoms with Gasteiger partial charge in [-0.3, -0.25) is 9.88 Å². The lowest BCUT2D eigenvalue weighted by Gasteiger charge is -2.22. The Morgan fingerprint density at radius 1 is 1.46 bits per heavy atom. The number of aryl methyl sites for hydroxylation is 1. The SMILES string of the molecule is Cc1nc(CN2C[C@@H](F)C[C@H]2CNC(=O)Nc2ccncc2)no1. The Kier molecular flexibility index (Phi) is 4.99. The van der Waals surface area contributed by atoms with Gasteiger partial charge in [0.1, 0.15) is 6.17 Å². The van der Waals surface area contributed by atoms with Crippen molar-refractivity contribution < 1.29 is 13.7 Å². The van der Waals surface area contributed by atoms with Gasteiger partial charge in [0.2, 0.25) is 5.89 Å². The van der Waals surface area contributed by atoms with Crippen LogP contribution in [-0.2, 0) is 6.54 Å². The largest absolute Gasteiger partial charge is 0.340 e. The van der Waals surface area contributed by atoms with Crippen LogP contribution in [0.4, 0.5) is 14.9 Å². The van der Waals surface area contributed by atoms with E-state index in [1.54, 1.807) is 31.5 Å². The summed E-state index contributed by atoms with van der Waals surface area (Å²) in [6, 6.07) is 2.94. The third kappa shape index (κ3) is 4.25. The van der Waals surface area contributed by atoms with Crippen molar-refractivity contribution >= 4 is 11.7 Å². The number of amides is 2. The molecule has 1 aliphatic heterocycles. The summed E-state index contributed by atoms with van der Waals surface area (Å²) >= 11 is 0. The molecular weight excluding hydrogens is 315 g/mol. The highest BCUT2D eigenvalue weighted by Gasteiger charge is 2.33. The molecule has 2 aromatic heterocycles. The van der Waals surface area contributed by atoms with Crippen LogP contribution in [-0.4, -0.2) is 51.4 Å². The third-order valence-electron chi connectivity index (χ3n) is 3.83. The van der Waals surface area contributed by atoms with E-state index in [4.69, 9.17) is 4.52 Å². The van der Waals surface area contributed by atoms with E-state index >= 15 is 0 Å². The van der Waals surface area contributed by atoms with Crippen molar-refractivity contribution in [3.8, 4) is 0 Å². The number of nitrogens with zero attached hydrogens (tertiary/aromatic N) is 4. The first-order valence-corrected chi connectivity index (χ1v) is 7.72. The quantitative estimate of drug-likeness (QED) is 0.860. The number of hydrogen-bond donors (Lipinski definition) is 2. The minimum absolute atomic E-state index is 0.109. The van der Waals surface area contributed by atoms with E-state index in [2.05, 4.69) is 25.8 Å². The maximum Gasteiger partial charge on any atom is 0.319 e. The number of carbonyl (C=O) groups is 1. The van der Waals surface area contributed by atoms with E-state index in [0.717, 1.165) is 0 Å². The molecule has 1 saturated heterocycles. The normalized spacial score (nSPS) is 20.9. The van der Waals surface area contributed by atoms with Gasteiger partial charge in [-0.1, -0.05) is 5.16 Å². The van der Waals surface area contributed by atoms with E-state index in [-0.39, 0.29) is 12.1 Å². The predicted molar refractivity (Wildman–Crippen MR) is 84.0 cm³/mol. The zero-order valence-electron chi connectivity index (χ0n) is 13.3. The zero-order chi connectivity index (χ0) is 16.9. The minimum Gasteiger partial charge on any atom is -0.340 e. The smallest absolute Gasteiger partial charge is 0.319 e. The first-order valence-electron chi connectivity index (χ1n) is 7.72. The molecule has 3 heterocycles. The average Bonchev–Trinajstić information content (AvgIpc) is 3.12. The second-order valence-corrected chi connectivity index (χ2v) is 5.72. The lowest BCUT2D eigenvalue weighted by Crippen LogP contribution is -2.41. The van der Waals surface area contributed by atoms with Crippen LogP contribution >= 0.6 is 0 Å². The number of hydrogen-bond acceptors (Lipinski definition) is 6. The van der Waals surface area contributed by atoms with Crippen molar-refractivity contribution in [2.24, 2.45) is 0 Å².